The Morgan fingerprint density at radius 1 is 1.07 bits per heavy atom. The minimum absolute atomic E-state index is 0.0176. The number of amides is 3. The van der Waals surface area contributed by atoms with Gasteiger partial charge in [0.15, 0.2) is 0 Å². The van der Waals surface area contributed by atoms with Gasteiger partial charge in [-0.15, -0.1) is 0 Å². The van der Waals surface area contributed by atoms with Crippen molar-refractivity contribution in [3.63, 3.8) is 0 Å². The van der Waals surface area contributed by atoms with E-state index >= 15 is 0 Å². The molecule has 9 nitrogen and oxygen atoms in total. The molecule has 1 aliphatic rings. The summed E-state index contributed by atoms with van der Waals surface area (Å²) in [6.07, 6.45) is 1.04. The summed E-state index contributed by atoms with van der Waals surface area (Å²) < 4.78 is 5.78. The zero-order chi connectivity index (χ0) is 29.4. The molecule has 0 aliphatic carbocycles. The van der Waals surface area contributed by atoms with Gasteiger partial charge in [0.25, 0.3) is 0 Å². The number of nitrogens with one attached hydrogen (secondary N) is 2. The Morgan fingerprint density at radius 2 is 1.70 bits per heavy atom. The summed E-state index contributed by atoms with van der Waals surface area (Å²) in [5.41, 5.74) is -0.0808. The summed E-state index contributed by atoms with van der Waals surface area (Å²) >= 11 is 12.4. The predicted octanol–water partition coefficient (Wildman–Crippen LogP) is 4.23. The number of nitrogens with zero attached hydrogens (tertiary/aromatic N) is 1. The summed E-state index contributed by atoms with van der Waals surface area (Å²) in [5, 5.41) is 16.3. The third-order valence-corrected chi connectivity index (χ3v) is 8.05. The maximum Gasteiger partial charge on any atom is 0.326 e. The van der Waals surface area contributed by atoms with Crippen LogP contribution in [0.3, 0.4) is 0 Å². The number of carboxylic acid groups (broad SMARTS) is 1. The smallest absolute Gasteiger partial charge is 0.326 e. The van der Waals surface area contributed by atoms with E-state index in [2.05, 4.69) is 10.6 Å². The highest BCUT2D eigenvalue weighted by Crippen LogP contribution is 2.32. The van der Waals surface area contributed by atoms with Crippen LogP contribution >= 0.6 is 23.2 Å². The Kier molecular flexibility index (Phi) is 10.8. The topological polar surface area (TPSA) is 125 Å². The number of carbonyl (C=O) groups is 4. The van der Waals surface area contributed by atoms with Gasteiger partial charge in [-0.1, -0.05) is 55.2 Å². The average molecular weight is 593 g/mol. The van der Waals surface area contributed by atoms with Crippen LogP contribution in [0, 0.1) is 5.41 Å². The van der Waals surface area contributed by atoms with Gasteiger partial charge in [-0.3, -0.25) is 14.4 Å². The Balaban J connectivity index is 1.66. The molecule has 0 aromatic heterocycles. The molecule has 3 N–H and O–H groups in total. The number of benzene rings is 2. The van der Waals surface area contributed by atoms with Crippen LogP contribution in [0.25, 0.3) is 0 Å². The first-order valence-corrected chi connectivity index (χ1v) is 14.0. The van der Waals surface area contributed by atoms with Crippen molar-refractivity contribution in [1.29, 1.82) is 0 Å². The Morgan fingerprint density at radius 3 is 2.25 bits per heavy atom. The third-order valence-electron chi connectivity index (χ3n) is 7.35. The number of rotatable bonds is 12. The lowest BCUT2D eigenvalue weighted by Gasteiger charge is -2.34. The van der Waals surface area contributed by atoms with Crippen molar-refractivity contribution in [1.82, 2.24) is 15.5 Å². The molecule has 11 heteroatoms. The first-order valence-electron chi connectivity index (χ1n) is 13.3. The molecule has 3 amide bonds. The average Bonchev–Trinajstić information content (AvgIpc) is 3.37. The second-order valence-corrected chi connectivity index (χ2v) is 10.7. The molecule has 1 saturated heterocycles. The highest BCUT2D eigenvalue weighted by Gasteiger charge is 2.47. The van der Waals surface area contributed by atoms with E-state index in [9.17, 15) is 24.3 Å². The van der Waals surface area contributed by atoms with Gasteiger partial charge < -0.3 is 25.4 Å². The lowest BCUT2D eigenvalue weighted by atomic mass is 9.79. The number of hydrogen-bond acceptors (Lipinski definition) is 5. The fraction of sp³-hybridized carbons (Fsp3) is 0.448. The van der Waals surface area contributed by atoms with Gasteiger partial charge in [0.1, 0.15) is 23.8 Å². The lowest BCUT2D eigenvalue weighted by molar-refractivity contribution is -0.153. The molecular formula is C29H35Cl2N3O6. The Labute approximate surface area is 244 Å². The molecule has 3 rings (SSSR count). The van der Waals surface area contributed by atoms with Crippen molar-refractivity contribution >= 4 is 46.9 Å². The molecule has 216 valence electrons. The molecule has 0 saturated carbocycles. The second kappa shape index (κ2) is 13.9. The number of carbonyl (C=O) groups excluding carboxylic acids is 3. The SMILES string of the molecule is CCC(CC)(C(=O)N[C@@H](Cc1ccc(OCc2c(Cl)cccc2Cl)cc1)C(=O)O)C(=O)N1CC[C@@H](NC(C)=O)C1. The fourth-order valence-electron chi connectivity index (χ4n) is 4.90. The van der Waals surface area contributed by atoms with Gasteiger partial charge in [0.2, 0.25) is 17.7 Å². The first-order chi connectivity index (χ1) is 19.0. The minimum Gasteiger partial charge on any atom is -0.489 e. The highest BCUT2D eigenvalue weighted by atomic mass is 35.5. The Hall–Kier alpha value is -3.30. The summed E-state index contributed by atoms with van der Waals surface area (Å²) in [4.78, 5) is 52.1. The zero-order valence-corrected chi connectivity index (χ0v) is 24.3. The largest absolute Gasteiger partial charge is 0.489 e. The maximum atomic E-state index is 13.5. The zero-order valence-electron chi connectivity index (χ0n) is 22.8. The molecule has 0 radical (unpaired) electrons. The molecule has 2 aromatic rings. The molecule has 0 spiro atoms. The van der Waals surface area contributed by atoms with Gasteiger partial charge in [0.05, 0.1) is 0 Å². The van der Waals surface area contributed by atoms with Crippen molar-refractivity contribution < 1.29 is 29.0 Å². The van der Waals surface area contributed by atoms with E-state index in [0.717, 1.165) is 0 Å². The van der Waals surface area contributed by atoms with Crippen molar-refractivity contribution in [2.75, 3.05) is 13.1 Å². The van der Waals surface area contributed by atoms with E-state index in [1.165, 1.54) is 6.92 Å². The van der Waals surface area contributed by atoms with E-state index in [1.54, 1.807) is 61.2 Å². The maximum absolute atomic E-state index is 13.5. The molecule has 1 heterocycles. The summed E-state index contributed by atoms with van der Waals surface area (Å²) in [6, 6.07) is 10.6. The van der Waals surface area contributed by atoms with Crippen LogP contribution in [0.5, 0.6) is 5.75 Å². The number of carboxylic acids is 1. The van der Waals surface area contributed by atoms with Crippen LogP contribution in [0.1, 0.15) is 51.2 Å². The summed E-state index contributed by atoms with van der Waals surface area (Å²) in [7, 11) is 0. The van der Waals surface area contributed by atoms with E-state index in [0.29, 0.717) is 46.4 Å². The molecule has 1 aliphatic heterocycles. The van der Waals surface area contributed by atoms with Crippen LogP contribution in [0.15, 0.2) is 42.5 Å². The normalized spacial score (nSPS) is 15.8. The van der Waals surface area contributed by atoms with Crippen molar-refractivity contribution in [3.05, 3.63) is 63.6 Å². The summed E-state index contributed by atoms with van der Waals surface area (Å²) in [6.45, 7) is 5.80. The van der Waals surface area contributed by atoms with Gasteiger partial charge in [0, 0.05) is 48.1 Å². The van der Waals surface area contributed by atoms with E-state index < -0.39 is 23.3 Å². The molecule has 40 heavy (non-hydrogen) atoms. The van der Waals surface area contributed by atoms with Gasteiger partial charge >= 0.3 is 5.97 Å². The van der Waals surface area contributed by atoms with Crippen LogP contribution < -0.4 is 15.4 Å². The third kappa shape index (κ3) is 7.46. The molecule has 2 atom stereocenters. The van der Waals surface area contributed by atoms with Crippen LogP contribution in [0.2, 0.25) is 10.0 Å². The molecule has 0 unspecified atom stereocenters. The van der Waals surface area contributed by atoms with Crippen LogP contribution in [0.4, 0.5) is 0 Å². The lowest BCUT2D eigenvalue weighted by Crippen LogP contribution is -2.55. The minimum atomic E-state index is -1.41. The summed E-state index contributed by atoms with van der Waals surface area (Å²) in [5.74, 6) is -1.81. The van der Waals surface area contributed by atoms with Crippen LogP contribution in [-0.2, 0) is 32.2 Å². The number of aliphatic carboxylic acids is 1. The van der Waals surface area contributed by atoms with E-state index in [-0.39, 0.29) is 43.7 Å². The Bertz CT molecular complexity index is 1210. The fourth-order valence-corrected chi connectivity index (χ4v) is 5.41. The molecule has 1 fully saturated rings. The van der Waals surface area contributed by atoms with E-state index in [1.807, 2.05) is 0 Å². The molecular weight excluding hydrogens is 557 g/mol. The standard InChI is InChI=1S/C29H35Cl2N3O6/c1-4-29(5-2,28(39)34-14-13-20(16-34)32-18(3)35)27(38)33-25(26(36)37)15-19-9-11-21(12-10-19)40-17-22-23(30)7-6-8-24(22)31/h6-12,20,25H,4-5,13-17H2,1-3H3,(H,32,35)(H,33,38)(H,36,37)/t20-,25+/m1/s1. The van der Waals surface area contributed by atoms with Crippen molar-refractivity contribution in [2.45, 2.75) is 65.1 Å². The van der Waals surface area contributed by atoms with E-state index in [4.69, 9.17) is 27.9 Å². The quantitative estimate of drug-likeness (QED) is 0.317. The highest BCUT2D eigenvalue weighted by molar-refractivity contribution is 6.35. The van der Waals surface area contributed by atoms with Gasteiger partial charge in [-0.25, -0.2) is 4.79 Å². The number of hydrogen-bond donors (Lipinski definition) is 3. The van der Waals surface area contributed by atoms with Gasteiger partial charge in [-0.05, 0) is 49.1 Å². The van der Waals surface area contributed by atoms with Gasteiger partial charge in [-0.2, -0.15) is 0 Å². The molecule has 2 aromatic carbocycles. The first kappa shape index (κ1) is 31.2. The monoisotopic (exact) mass is 591 g/mol. The van der Waals surface area contributed by atoms with Crippen molar-refractivity contribution in [3.8, 4) is 5.75 Å². The number of likely N-dealkylation sites (tertiary alicyclic amines) is 1. The second-order valence-electron chi connectivity index (χ2n) is 9.93. The molecule has 0 bridgehead atoms. The predicted molar refractivity (Wildman–Crippen MR) is 152 cm³/mol. The number of halogens is 2. The van der Waals surface area contributed by atoms with Crippen LogP contribution in [-0.4, -0.2) is 58.9 Å². The number of ether oxygens (including phenoxy) is 1. The van der Waals surface area contributed by atoms with Crippen molar-refractivity contribution in [2.24, 2.45) is 5.41 Å².